The highest BCUT2D eigenvalue weighted by molar-refractivity contribution is 5.86. The van der Waals surface area contributed by atoms with Crippen LogP contribution in [0.5, 0.6) is 0 Å². The average molecular weight is 338 g/mol. The summed E-state index contributed by atoms with van der Waals surface area (Å²) in [6.45, 7) is 7.40. The van der Waals surface area contributed by atoms with E-state index in [4.69, 9.17) is 9.47 Å². The van der Waals surface area contributed by atoms with E-state index in [0.29, 0.717) is 19.7 Å². The first-order chi connectivity index (χ1) is 11.4. The largest absolute Gasteiger partial charge is 0.444 e. The minimum absolute atomic E-state index is 0.0820. The van der Waals surface area contributed by atoms with E-state index in [9.17, 15) is 9.59 Å². The second-order valence-corrected chi connectivity index (χ2v) is 8.12. The first kappa shape index (κ1) is 17.5. The second kappa shape index (κ2) is 6.90. The molecule has 136 valence electrons. The predicted octanol–water partition coefficient (Wildman–Crippen LogP) is 2.56. The SMILES string of the molecule is CC(C)(C)OC(=O)N1CCC[C@H]1C(=O)N1CCO[C@H]2CCCC[C@H]21. The number of nitrogens with zero attached hydrogens (tertiary/aromatic N) is 2. The number of hydrogen-bond donors (Lipinski definition) is 0. The lowest BCUT2D eigenvalue weighted by Crippen LogP contribution is -2.59. The summed E-state index contributed by atoms with van der Waals surface area (Å²) in [5, 5.41) is 0. The van der Waals surface area contributed by atoms with Crippen molar-refractivity contribution in [1.29, 1.82) is 0 Å². The van der Waals surface area contributed by atoms with Crippen LogP contribution in [-0.4, -0.2) is 65.3 Å². The van der Waals surface area contributed by atoms with Crippen LogP contribution in [0.25, 0.3) is 0 Å². The van der Waals surface area contributed by atoms with Gasteiger partial charge < -0.3 is 14.4 Å². The molecule has 0 bridgehead atoms. The first-order valence-corrected chi connectivity index (χ1v) is 9.28. The van der Waals surface area contributed by atoms with Crippen LogP contribution < -0.4 is 0 Å². The molecule has 24 heavy (non-hydrogen) atoms. The summed E-state index contributed by atoms with van der Waals surface area (Å²) < 4.78 is 11.4. The highest BCUT2D eigenvalue weighted by atomic mass is 16.6. The van der Waals surface area contributed by atoms with Gasteiger partial charge in [-0.25, -0.2) is 4.79 Å². The summed E-state index contributed by atoms with van der Waals surface area (Å²) in [7, 11) is 0. The van der Waals surface area contributed by atoms with Crippen LogP contribution in [0.1, 0.15) is 59.3 Å². The van der Waals surface area contributed by atoms with Gasteiger partial charge in [-0.05, 0) is 46.5 Å². The van der Waals surface area contributed by atoms with E-state index < -0.39 is 5.60 Å². The van der Waals surface area contributed by atoms with Gasteiger partial charge in [-0.2, -0.15) is 0 Å². The molecule has 0 N–H and O–H groups in total. The number of rotatable bonds is 1. The van der Waals surface area contributed by atoms with Gasteiger partial charge in [-0.1, -0.05) is 12.8 Å². The molecule has 1 aliphatic carbocycles. The van der Waals surface area contributed by atoms with E-state index in [1.807, 2.05) is 25.7 Å². The topological polar surface area (TPSA) is 59.1 Å². The molecule has 2 aliphatic heterocycles. The van der Waals surface area contributed by atoms with Crippen LogP contribution in [0.2, 0.25) is 0 Å². The number of ether oxygens (including phenoxy) is 2. The molecule has 0 aromatic carbocycles. The van der Waals surface area contributed by atoms with Gasteiger partial charge in [0.15, 0.2) is 0 Å². The van der Waals surface area contributed by atoms with Crippen LogP contribution in [0.4, 0.5) is 4.79 Å². The van der Waals surface area contributed by atoms with Gasteiger partial charge in [0.05, 0.1) is 18.8 Å². The molecule has 2 saturated heterocycles. The molecule has 3 aliphatic rings. The monoisotopic (exact) mass is 338 g/mol. The summed E-state index contributed by atoms with van der Waals surface area (Å²) in [4.78, 5) is 29.2. The Kier molecular flexibility index (Phi) is 5.04. The minimum Gasteiger partial charge on any atom is -0.444 e. The zero-order chi connectivity index (χ0) is 17.3. The van der Waals surface area contributed by atoms with E-state index in [-0.39, 0.29) is 30.2 Å². The Hall–Kier alpha value is -1.30. The van der Waals surface area contributed by atoms with Crippen molar-refractivity contribution in [2.45, 2.75) is 83.1 Å². The third-order valence-corrected chi connectivity index (χ3v) is 5.18. The Morgan fingerprint density at radius 3 is 2.50 bits per heavy atom. The molecule has 0 aromatic heterocycles. The van der Waals surface area contributed by atoms with Gasteiger partial charge in [0.2, 0.25) is 5.91 Å². The molecule has 3 rings (SSSR count). The zero-order valence-corrected chi connectivity index (χ0v) is 15.1. The average Bonchev–Trinajstić information content (AvgIpc) is 3.02. The van der Waals surface area contributed by atoms with E-state index >= 15 is 0 Å². The molecule has 0 unspecified atom stereocenters. The predicted molar refractivity (Wildman–Crippen MR) is 89.7 cm³/mol. The fraction of sp³-hybridized carbons (Fsp3) is 0.889. The molecular formula is C18H30N2O4. The maximum atomic E-state index is 13.2. The highest BCUT2D eigenvalue weighted by Crippen LogP contribution is 2.31. The van der Waals surface area contributed by atoms with Crippen molar-refractivity contribution in [2.24, 2.45) is 0 Å². The van der Waals surface area contributed by atoms with Gasteiger partial charge in [0.1, 0.15) is 11.6 Å². The van der Waals surface area contributed by atoms with Gasteiger partial charge >= 0.3 is 6.09 Å². The summed E-state index contributed by atoms with van der Waals surface area (Å²) in [6.07, 6.45) is 5.76. The quantitative estimate of drug-likeness (QED) is 0.737. The number of carbonyl (C=O) groups excluding carboxylic acids is 2. The third-order valence-electron chi connectivity index (χ3n) is 5.18. The lowest BCUT2D eigenvalue weighted by molar-refractivity contribution is -0.153. The summed E-state index contributed by atoms with van der Waals surface area (Å²) in [5.41, 5.74) is -0.541. The highest BCUT2D eigenvalue weighted by Gasteiger charge is 2.43. The Labute approximate surface area is 144 Å². The number of carbonyl (C=O) groups is 2. The van der Waals surface area contributed by atoms with Crippen LogP contribution >= 0.6 is 0 Å². The summed E-state index contributed by atoms with van der Waals surface area (Å²) in [6, 6.07) is -0.193. The van der Waals surface area contributed by atoms with E-state index in [2.05, 4.69) is 0 Å². The number of likely N-dealkylation sites (tertiary alicyclic amines) is 1. The van der Waals surface area contributed by atoms with Crippen molar-refractivity contribution in [3.63, 3.8) is 0 Å². The Bertz CT molecular complexity index is 486. The Balaban J connectivity index is 1.69. The summed E-state index contributed by atoms with van der Waals surface area (Å²) >= 11 is 0. The number of hydrogen-bond acceptors (Lipinski definition) is 4. The maximum absolute atomic E-state index is 13.2. The van der Waals surface area contributed by atoms with Gasteiger partial charge in [-0.3, -0.25) is 9.69 Å². The molecule has 1 saturated carbocycles. The van der Waals surface area contributed by atoms with Crippen molar-refractivity contribution in [2.75, 3.05) is 19.7 Å². The molecule has 6 nitrogen and oxygen atoms in total. The summed E-state index contributed by atoms with van der Waals surface area (Å²) in [5.74, 6) is 0.0820. The van der Waals surface area contributed by atoms with Gasteiger partial charge in [-0.15, -0.1) is 0 Å². The number of fused-ring (bicyclic) bond motifs is 1. The molecular weight excluding hydrogens is 308 g/mol. The smallest absolute Gasteiger partial charge is 0.410 e. The fourth-order valence-electron chi connectivity index (χ4n) is 4.12. The molecule has 0 spiro atoms. The van der Waals surface area contributed by atoms with Crippen LogP contribution in [0, 0.1) is 0 Å². The zero-order valence-electron chi connectivity index (χ0n) is 15.1. The lowest BCUT2D eigenvalue weighted by Gasteiger charge is -2.45. The number of morpholine rings is 1. The van der Waals surface area contributed by atoms with Gasteiger partial charge in [0.25, 0.3) is 0 Å². The maximum Gasteiger partial charge on any atom is 0.410 e. The van der Waals surface area contributed by atoms with Crippen molar-refractivity contribution in [1.82, 2.24) is 9.80 Å². The van der Waals surface area contributed by atoms with Crippen LogP contribution in [0.15, 0.2) is 0 Å². The molecule has 6 heteroatoms. The van der Waals surface area contributed by atoms with Crippen molar-refractivity contribution in [3.8, 4) is 0 Å². The van der Waals surface area contributed by atoms with E-state index in [1.54, 1.807) is 4.90 Å². The third kappa shape index (κ3) is 3.68. The lowest BCUT2D eigenvalue weighted by atomic mass is 9.89. The number of amides is 2. The van der Waals surface area contributed by atoms with Crippen molar-refractivity contribution < 1.29 is 19.1 Å². The Morgan fingerprint density at radius 2 is 1.75 bits per heavy atom. The Morgan fingerprint density at radius 1 is 1.00 bits per heavy atom. The molecule has 2 heterocycles. The van der Waals surface area contributed by atoms with E-state index in [0.717, 1.165) is 32.1 Å². The first-order valence-electron chi connectivity index (χ1n) is 9.28. The molecule has 3 atom stereocenters. The van der Waals surface area contributed by atoms with Gasteiger partial charge in [0, 0.05) is 13.1 Å². The molecule has 2 amide bonds. The van der Waals surface area contributed by atoms with Crippen LogP contribution in [-0.2, 0) is 14.3 Å². The van der Waals surface area contributed by atoms with Crippen molar-refractivity contribution in [3.05, 3.63) is 0 Å². The standard InChI is InChI=1S/C18H30N2O4/c1-18(2,3)24-17(22)20-10-6-8-14(20)16(21)19-11-12-23-15-9-5-4-7-13(15)19/h13-15H,4-12H2,1-3H3/t13-,14+,15+/m1/s1. The molecule has 0 radical (unpaired) electrons. The minimum atomic E-state index is -0.541. The molecule has 3 fully saturated rings. The van der Waals surface area contributed by atoms with Crippen molar-refractivity contribution >= 4 is 12.0 Å². The molecule has 0 aromatic rings. The van der Waals surface area contributed by atoms with Crippen LogP contribution in [0.3, 0.4) is 0 Å². The normalized spacial score (nSPS) is 30.9. The second-order valence-electron chi connectivity index (χ2n) is 8.12. The van der Waals surface area contributed by atoms with E-state index in [1.165, 1.54) is 6.42 Å². The fourth-order valence-corrected chi connectivity index (χ4v) is 4.12.